The Balaban J connectivity index is 1.48. The van der Waals surface area contributed by atoms with Crippen LogP contribution in [0.5, 0.6) is 0 Å². The molecule has 2 N–H and O–H groups in total. The van der Waals surface area contributed by atoms with E-state index in [1.54, 1.807) is 84.9 Å². The van der Waals surface area contributed by atoms with E-state index in [0.717, 1.165) is 0 Å². The van der Waals surface area contributed by atoms with Crippen LogP contribution in [0, 0.1) is 10.1 Å². The Morgan fingerprint density at radius 1 is 0.850 bits per heavy atom. The van der Waals surface area contributed by atoms with Gasteiger partial charge in [0.15, 0.2) is 5.78 Å². The summed E-state index contributed by atoms with van der Waals surface area (Å²) in [5.41, 5.74) is 1.62. The predicted octanol–water partition coefficient (Wildman–Crippen LogP) is 6.63. The maximum Gasteiger partial charge on any atom is 0.272 e. The van der Waals surface area contributed by atoms with E-state index in [9.17, 15) is 24.5 Å². The highest BCUT2D eigenvalue weighted by Gasteiger charge is 2.16. The summed E-state index contributed by atoms with van der Waals surface area (Å²) in [4.78, 5) is 49.8. The number of nitrogens with zero attached hydrogens (tertiary/aromatic N) is 1. The van der Waals surface area contributed by atoms with E-state index in [1.165, 1.54) is 36.0 Å². The lowest BCUT2D eigenvalue weighted by molar-refractivity contribution is -0.384. The number of carbonyl (C=O) groups excluding carboxylic acids is 3. The van der Waals surface area contributed by atoms with E-state index in [1.807, 2.05) is 0 Å². The normalized spacial score (nSPS) is 11.0. The third-order valence-corrected chi connectivity index (χ3v) is 6.80. The summed E-state index contributed by atoms with van der Waals surface area (Å²) in [7, 11) is 0. The number of nitro benzene ring substituents is 1. The quantitative estimate of drug-likeness (QED) is 0.0724. The minimum absolute atomic E-state index is 0.0232. The van der Waals surface area contributed by atoms with Crippen LogP contribution in [0.25, 0.3) is 6.08 Å². The molecule has 0 saturated heterocycles. The number of Topliss-reactive ketones (excluding diaryl/α,β-unsaturated/α-hetero) is 1. The summed E-state index contributed by atoms with van der Waals surface area (Å²) in [6.07, 6.45) is 1.54. The van der Waals surface area contributed by atoms with E-state index in [0.29, 0.717) is 26.7 Å². The van der Waals surface area contributed by atoms with Gasteiger partial charge in [-0.2, -0.15) is 0 Å². The van der Waals surface area contributed by atoms with Gasteiger partial charge in [-0.25, -0.2) is 0 Å². The smallest absolute Gasteiger partial charge is 0.272 e. The van der Waals surface area contributed by atoms with Gasteiger partial charge in [0.2, 0.25) is 0 Å². The van der Waals surface area contributed by atoms with Gasteiger partial charge in [0.05, 0.1) is 10.7 Å². The number of thioether (sulfide) groups is 1. The highest BCUT2D eigenvalue weighted by molar-refractivity contribution is 8.00. The molecule has 40 heavy (non-hydrogen) atoms. The lowest BCUT2D eigenvalue weighted by Crippen LogP contribution is -2.30. The number of amides is 2. The second kappa shape index (κ2) is 13.4. The minimum atomic E-state index is -0.548. The van der Waals surface area contributed by atoms with Crippen LogP contribution in [0.2, 0.25) is 5.02 Å². The van der Waals surface area contributed by atoms with Crippen molar-refractivity contribution in [3.05, 3.63) is 141 Å². The highest BCUT2D eigenvalue weighted by Crippen LogP contribution is 2.24. The fraction of sp³-hybridized carbons (Fsp3) is 0.0333. The van der Waals surface area contributed by atoms with E-state index in [-0.39, 0.29) is 28.5 Å². The maximum atomic E-state index is 13.3. The van der Waals surface area contributed by atoms with Crippen molar-refractivity contribution in [2.24, 2.45) is 0 Å². The van der Waals surface area contributed by atoms with Crippen LogP contribution in [0.15, 0.2) is 114 Å². The van der Waals surface area contributed by atoms with Crippen molar-refractivity contribution in [2.45, 2.75) is 4.90 Å². The number of rotatable bonds is 10. The lowest BCUT2D eigenvalue weighted by atomic mass is 10.1. The van der Waals surface area contributed by atoms with Gasteiger partial charge in [0, 0.05) is 38.9 Å². The number of carbonyl (C=O) groups is 3. The number of halogens is 1. The van der Waals surface area contributed by atoms with Crippen LogP contribution < -0.4 is 10.6 Å². The molecule has 0 atom stereocenters. The zero-order valence-electron chi connectivity index (χ0n) is 20.9. The van der Waals surface area contributed by atoms with Crippen molar-refractivity contribution in [3.8, 4) is 0 Å². The monoisotopic (exact) mass is 571 g/mol. The molecule has 0 bridgehead atoms. The van der Waals surface area contributed by atoms with Gasteiger partial charge in [0.1, 0.15) is 5.70 Å². The third-order valence-electron chi connectivity index (χ3n) is 5.55. The summed E-state index contributed by atoms with van der Waals surface area (Å²) in [6, 6.07) is 27.8. The van der Waals surface area contributed by atoms with Crippen LogP contribution in [0.1, 0.15) is 26.3 Å². The van der Waals surface area contributed by atoms with E-state index < -0.39 is 16.7 Å². The Hall–Kier alpha value is -4.73. The summed E-state index contributed by atoms with van der Waals surface area (Å²) in [6.45, 7) is 0. The zero-order valence-corrected chi connectivity index (χ0v) is 22.4. The molecule has 4 rings (SSSR count). The molecule has 0 aliphatic heterocycles. The molecule has 10 heteroatoms. The average molecular weight is 572 g/mol. The Morgan fingerprint density at radius 2 is 1.55 bits per heavy atom. The largest absolute Gasteiger partial charge is 0.321 e. The van der Waals surface area contributed by atoms with E-state index in [2.05, 4.69) is 10.6 Å². The first kappa shape index (κ1) is 28.3. The fourth-order valence-corrected chi connectivity index (χ4v) is 4.53. The number of anilines is 1. The molecule has 0 radical (unpaired) electrons. The lowest BCUT2D eigenvalue weighted by Gasteiger charge is -2.12. The van der Waals surface area contributed by atoms with Gasteiger partial charge in [-0.05, 0) is 54.1 Å². The first-order valence-electron chi connectivity index (χ1n) is 11.9. The summed E-state index contributed by atoms with van der Waals surface area (Å²) in [5.74, 6) is -1.21. The van der Waals surface area contributed by atoms with Crippen molar-refractivity contribution in [2.75, 3.05) is 11.1 Å². The second-order valence-electron chi connectivity index (χ2n) is 8.43. The van der Waals surface area contributed by atoms with Gasteiger partial charge in [0.25, 0.3) is 17.5 Å². The van der Waals surface area contributed by atoms with Crippen molar-refractivity contribution in [1.29, 1.82) is 0 Å². The van der Waals surface area contributed by atoms with Gasteiger partial charge >= 0.3 is 0 Å². The first-order valence-corrected chi connectivity index (χ1v) is 13.3. The van der Waals surface area contributed by atoms with Crippen molar-refractivity contribution in [3.63, 3.8) is 0 Å². The van der Waals surface area contributed by atoms with Crippen LogP contribution in [-0.4, -0.2) is 28.3 Å². The number of nitrogens with one attached hydrogen (secondary N) is 2. The summed E-state index contributed by atoms with van der Waals surface area (Å²) in [5, 5.41) is 17.0. The molecule has 8 nitrogen and oxygen atoms in total. The zero-order chi connectivity index (χ0) is 28.5. The first-order chi connectivity index (χ1) is 19.3. The topological polar surface area (TPSA) is 118 Å². The van der Waals surface area contributed by atoms with Gasteiger partial charge in [-0.15, -0.1) is 11.8 Å². The van der Waals surface area contributed by atoms with Gasteiger partial charge in [-0.1, -0.05) is 60.1 Å². The highest BCUT2D eigenvalue weighted by atomic mass is 35.5. The standard InChI is InChI=1S/C30H22ClN3O5S/c31-23-14-12-20(13-15-23)16-27(33-29(36)21-6-2-1-3-7-21)30(37)32-24-9-5-11-26(18-24)40-19-28(35)22-8-4-10-25(17-22)34(38)39/h1-18H,19H2,(H,32,37)(H,33,36)/b27-16-. The van der Waals surface area contributed by atoms with Crippen LogP contribution in [0.3, 0.4) is 0 Å². The third kappa shape index (κ3) is 7.89. The molecule has 4 aromatic carbocycles. The molecule has 0 spiro atoms. The summed E-state index contributed by atoms with van der Waals surface area (Å²) >= 11 is 7.21. The molecule has 4 aromatic rings. The van der Waals surface area contributed by atoms with E-state index >= 15 is 0 Å². The number of hydrogen-bond donors (Lipinski definition) is 2. The maximum absolute atomic E-state index is 13.3. The Morgan fingerprint density at radius 3 is 2.27 bits per heavy atom. The molecule has 0 aromatic heterocycles. The predicted molar refractivity (Wildman–Crippen MR) is 157 cm³/mol. The number of hydrogen-bond acceptors (Lipinski definition) is 6. The SMILES string of the molecule is O=C(Nc1cccc(SCC(=O)c2cccc([N+](=O)[O-])c2)c1)/C(=C/c1ccc(Cl)cc1)NC(=O)c1ccccc1. The molecular formula is C30H22ClN3O5S. The van der Waals surface area contributed by atoms with E-state index in [4.69, 9.17) is 11.6 Å². The van der Waals surface area contributed by atoms with Gasteiger partial charge in [-0.3, -0.25) is 24.5 Å². The number of benzene rings is 4. The Kier molecular flexibility index (Phi) is 9.45. The molecule has 0 aliphatic carbocycles. The number of ketones is 1. The molecule has 0 aliphatic rings. The van der Waals surface area contributed by atoms with Crippen LogP contribution in [0.4, 0.5) is 11.4 Å². The van der Waals surface area contributed by atoms with Crippen LogP contribution in [-0.2, 0) is 4.79 Å². The number of non-ortho nitro benzene ring substituents is 1. The molecule has 200 valence electrons. The van der Waals surface area contributed by atoms with Gasteiger partial charge < -0.3 is 10.6 Å². The fourth-order valence-electron chi connectivity index (χ4n) is 3.56. The molecular weight excluding hydrogens is 550 g/mol. The second-order valence-corrected chi connectivity index (χ2v) is 9.92. The van der Waals surface area contributed by atoms with Crippen molar-refractivity contribution >= 4 is 58.4 Å². The molecule has 0 saturated carbocycles. The molecule has 0 fully saturated rings. The Bertz CT molecular complexity index is 1590. The molecule has 0 heterocycles. The molecule has 0 unspecified atom stereocenters. The summed E-state index contributed by atoms with van der Waals surface area (Å²) < 4.78 is 0. The minimum Gasteiger partial charge on any atom is -0.321 e. The van der Waals surface area contributed by atoms with Crippen LogP contribution >= 0.6 is 23.4 Å². The average Bonchev–Trinajstić information content (AvgIpc) is 2.97. The van der Waals surface area contributed by atoms with Crippen molar-refractivity contribution in [1.82, 2.24) is 5.32 Å². The number of nitro groups is 1. The van der Waals surface area contributed by atoms with Crippen molar-refractivity contribution < 1.29 is 19.3 Å². The molecule has 2 amide bonds. The Labute approximate surface area is 239 Å².